The molecule has 0 bridgehead atoms. The highest BCUT2D eigenvalue weighted by Crippen LogP contribution is 2.14. The van der Waals surface area contributed by atoms with Crippen molar-refractivity contribution < 1.29 is 0 Å². The summed E-state index contributed by atoms with van der Waals surface area (Å²) in [5.74, 6) is 0. The van der Waals surface area contributed by atoms with Gasteiger partial charge >= 0.3 is 0 Å². The lowest BCUT2D eigenvalue weighted by molar-refractivity contribution is 0.956. The van der Waals surface area contributed by atoms with Gasteiger partial charge in [0.1, 0.15) is 0 Å². The number of rotatable bonds is 6. The van der Waals surface area contributed by atoms with Gasteiger partial charge in [-0.3, -0.25) is 4.99 Å². The van der Waals surface area contributed by atoms with Crippen LogP contribution in [0.3, 0.4) is 0 Å². The molecule has 0 radical (unpaired) electrons. The van der Waals surface area contributed by atoms with Crippen molar-refractivity contribution in [3.05, 3.63) is 41.5 Å². The Morgan fingerprint density at radius 3 is 2.47 bits per heavy atom. The van der Waals surface area contributed by atoms with E-state index in [4.69, 9.17) is 5.73 Å². The van der Waals surface area contributed by atoms with Crippen LogP contribution < -0.4 is 5.73 Å². The highest BCUT2D eigenvalue weighted by molar-refractivity contribution is 6.03. The van der Waals surface area contributed by atoms with Gasteiger partial charge in [-0.25, -0.2) is 0 Å². The number of benzene rings is 1. The Morgan fingerprint density at radius 1 is 1.24 bits per heavy atom. The zero-order chi connectivity index (χ0) is 12.5. The highest BCUT2D eigenvalue weighted by atomic mass is 14.9. The standard InChI is InChI=1S/C15H22N2/c1-3-8-15(17-12-16)14(4-2)11-13-9-6-5-7-10-13/h5-7,9-11H,3-4,8,12,16H2,1-2H3/b14-11-,17-15?. The molecule has 0 unspecified atom stereocenters. The van der Waals surface area contributed by atoms with Gasteiger partial charge < -0.3 is 5.73 Å². The first-order valence-corrected chi connectivity index (χ1v) is 6.31. The molecular weight excluding hydrogens is 208 g/mol. The SMILES string of the molecule is CCCC(=NCN)/C(=C\c1ccccc1)CC. The molecule has 2 N–H and O–H groups in total. The van der Waals surface area contributed by atoms with E-state index in [0.717, 1.165) is 25.0 Å². The minimum atomic E-state index is 0.376. The molecule has 0 saturated heterocycles. The first-order valence-electron chi connectivity index (χ1n) is 6.31. The molecule has 0 heterocycles. The molecule has 1 aromatic carbocycles. The monoisotopic (exact) mass is 230 g/mol. The predicted octanol–water partition coefficient (Wildman–Crippen LogP) is 3.64. The van der Waals surface area contributed by atoms with Crippen LogP contribution in [0.5, 0.6) is 0 Å². The van der Waals surface area contributed by atoms with Crippen LogP contribution in [0, 0.1) is 0 Å². The lowest BCUT2D eigenvalue weighted by Gasteiger charge is -2.08. The Balaban J connectivity index is 2.96. The molecule has 0 aromatic heterocycles. The van der Waals surface area contributed by atoms with Crippen molar-refractivity contribution in [3.63, 3.8) is 0 Å². The predicted molar refractivity (Wildman–Crippen MR) is 76.1 cm³/mol. The van der Waals surface area contributed by atoms with E-state index in [0.29, 0.717) is 6.67 Å². The maximum atomic E-state index is 5.53. The summed E-state index contributed by atoms with van der Waals surface area (Å²) in [5.41, 5.74) is 9.21. The topological polar surface area (TPSA) is 38.4 Å². The largest absolute Gasteiger partial charge is 0.312 e. The number of aliphatic imine (C=N–C) groups is 1. The van der Waals surface area contributed by atoms with E-state index in [1.54, 1.807) is 0 Å². The second-order valence-electron chi connectivity index (χ2n) is 3.97. The second kappa shape index (κ2) is 7.80. The lowest BCUT2D eigenvalue weighted by atomic mass is 10.0. The minimum absolute atomic E-state index is 0.376. The summed E-state index contributed by atoms with van der Waals surface area (Å²) in [6.07, 6.45) is 5.31. The summed E-state index contributed by atoms with van der Waals surface area (Å²) in [7, 11) is 0. The fourth-order valence-corrected chi connectivity index (χ4v) is 1.83. The van der Waals surface area contributed by atoms with Crippen molar-refractivity contribution in [3.8, 4) is 0 Å². The third kappa shape index (κ3) is 4.53. The summed E-state index contributed by atoms with van der Waals surface area (Å²) >= 11 is 0. The number of nitrogens with two attached hydrogens (primary N) is 1. The van der Waals surface area contributed by atoms with Gasteiger partial charge in [-0.15, -0.1) is 0 Å². The Bertz CT molecular complexity index is 377. The van der Waals surface area contributed by atoms with Crippen molar-refractivity contribution in [1.29, 1.82) is 0 Å². The van der Waals surface area contributed by atoms with E-state index >= 15 is 0 Å². The molecule has 1 rings (SSSR count). The molecule has 0 spiro atoms. The van der Waals surface area contributed by atoms with Gasteiger partial charge in [-0.2, -0.15) is 0 Å². The van der Waals surface area contributed by atoms with Gasteiger partial charge in [-0.1, -0.05) is 50.6 Å². The molecule has 17 heavy (non-hydrogen) atoms. The van der Waals surface area contributed by atoms with Crippen LogP contribution in [-0.4, -0.2) is 12.4 Å². The molecular formula is C15H22N2. The van der Waals surface area contributed by atoms with E-state index in [9.17, 15) is 0 Å². The van der Waals surface area contributed by atoms with Gasteiger partial charge in [0, 0.05) is 5.71 Å². The van der Waals surface area contributed by atoms with E-state index in [1.165, 1.54) is 11.1 Å². The molecule has 2 heteroatoms. The van der Waals surface area contributed by atoms with Crippen molar-refractivity contribution in [1.82, 2.24) is 0 Å². The first kappa shape index (κ1) is 13.7. The van der Waals surface area contributed by atoms with Crippen LogP contribution in [0.1, 0.15) is 38.7 Å². The van der Waals surface area contributed by atoms with Crippen LogP contribution in [-0.2, 0) is 0 Å². The summed E-state index contributed by atoms with van der Waals surface area (Å²) in [6.45, 7) is 4.71. The average Bonchev–Trinajstić information content (AvgIpc) is 2.37. The molecule has 92 valence electrons. The van der Waals surface area contributed by atoms with E-state index in [2.05, 4.69) is 49.2 Å². The quantitative estimate of drug-likeness (QED) is 0.744. The van der Waals surface area contributed by atoms with Crippen LogP contribution >= 0.6 is 0 Å². The fraction of sp³-hybridized carbons (Fsp3) is 0.400. The molecule has 0 aliphatic rings. The van der Waals surface area contributed by atoms with Crippen LogP contribution in [0.2, 0.25) is 0 Å². The van der Waals surface area contributed by atoms with Crippen LogP contribution in [0.25, 0.3) is 6.08 Å². The summed E-state index contributed by atoms with van der Waals surface area (Å²) < 4.78 is 0. The Hall–Kier alpha value is -1.41. The number of hydrogen-bond donors (Lipinski definition) is 1. The summed E-state index contributed by atoms with van der Waals surface area (Å²) in [6, 6.07) is 10.4. The van der Waals surface area contributed by atoms with E-state index in [-0.39, 0.29) is 0 Å². The Morgan fingerprint density at radius 2 is 1.94 bits per heavy atom. The first-order chi connectivity index (χ1) is 8.31. The number of hydrogen-bond acceptors (Lipinski definition) is 2. The van der Waals surface area contributed by atoms with Crippen LogP contribution in [0.15, 0.2) is 40.9 Å². The van der Waals surface area contributed by atoms with Crippen LogP contribution in [0.4, 0.5) is 0 Å². The van der Waals surface area contributed by atoms with Gasteiger partial charge in [0.2, 0.25) is 0 Å². The molecule has 0 aliphatic carbocycles. The van der Waals surface area contributed by atoms with Crippen molar-refractivity contribution in [2.24, 2.45) is 10.7 Å². The zero-order valence-corrected chi connectivity index (χ0v) is 10.8. The molecule has 0 saturated carbocycles. The number of nitrogens with zero attached hydrogens (tertiary/aromatic N) is 1. The third-order valence-electron chi connectivity index (χ3n) is 2.66. The molecule has 1 aromatic rings. The molecule has 0 amide bonds. The van der Waals surface area contributed by atoms with E-state index in [1.807, 2.05) is 6.07 Å². The molecule has 0 atom stereocenters. The maximum absolute atomic E-state index is 5.53. The van der Waals surface area contributed by atoms with Gasteiger partial charge in [0.15, 0.2) is 0 Å². The Labute approximate surface area is 104 Å². The zero-order valence-electron chi connectivity index (χ0n) is 10.8. The molecule has 2 nitrogen and oxygen atoms in total. The second-order valence-corrected chi connectivity index (χ2v) is 3.97. The summed E-state index contributed by atoms with van der Waals surface area (Å²) in [4.78, 5) is 4.41. The summed E-state index contributed by atoms with van der Waals surface area (Å²) in [5, 5.41) is 0. The molecule has 0 aliphatic heterocycles. The smallest absolute Gasteiger partial charge is 0.0862 e. The maximum Gasteiger partial charge on any atom is 0.0862 e. The van der Waals surface area contributed by atoms with Gasteiger partial charge in [0.05, 0.1) is 6.67 Å². The van der Waals surface area contributed by atoms with Crippen molar-refractivity contribution in [2.45, 2.75) is 33.1 Å². The average molecular weight is 230 g/mol. The van der Waals surface area contributed by atoms with E-state index < -0.39 is 0 Å². The van der Waals surface area contributed by atoms with Crippen molar-refractivity contribution in [2.75, 3.05) is 6.67 Å². The minimum Gasteiger partial charge on any atom is -0.312 e. The Kier molecular flexibility index (Phi) is 6.26. The lowest BCUT2D eigenvalue weighted by Crippen LogP contribution is -2.06. The normalized spacial score (nSPS) is 12.9. The van der Waals surface area contributed by atoms with Gasteiger partial charge in [-0.05, 0) is 30.1 Å². The third-order valence-corrected chi connectivity index (χ3v) is 2.66. The van der Waals surface area contributed by atoms with Crippen molar-refractivity contribution >= 4 is 11.8 Å². The number of allylic oxidation sites excluding steroid dienone is 1. The molecule has 0 fully saturated rings. The van der Waals surface area contributed by atoms with Gasteiger partial charge in [0.25, 0.3) is 0 Å². The fourth-order valence-electron chi connectivity index (χ4n) is 1.83. The highest BCUT2D eigenvalue weighted by Gasteiger charge is 2.04.